The van der Waals surface area contributed by atoms with Gasteiger partial charge in [-0.1, -0.05) is 42.5 Å². The van der Waals surface area contributed by atoms with Gasteiger partial charge in [0, 0.05) is 25.4 Å². The lowest BCUT2D eigenvalue weighted by molar-refractivity contribution is -0.117. The number of Topliss-reactive ketones (excluding diaryl/α,β-unsaturated/α-hetero) is 1. The molecule has 1 aromatic heterocycles. The summed E-state index contributed by atoms with van der Waals surface area (Å²) in [5.41, 5.74) is 2.20. The monoisotopic (exact) mass is 290 g/mol. The van der Waals surface area contributed by atoms with Gasteiger partial charge in [0.15, 0.2) is 5.78 Å². The molecule has 0 atom stereocenters. The Labute approximate surface area is 130 Å². The molecule has 0 radical (unpaired) electrons. The van der Waals surface area contributed by atoms with E-state index in [1.807, 2.05) is 30.3 Å². The van der Waals surface area contributed by atoms with E-state index >= 15 is 0 Å². The smallest absolute Gasteiger partial charge is 0.150 e. The van der Waals surface area contributed by atoms with Crippen molar-refractivity contribution in [3.8, 4) is 0 Å². The third kappa shape index (κ3) is 3.77. The Kier molecular flexibility index (Phi) is 4.56. The summed E-state index contributed by atoms with van der Waals surface area (Å²) in [4.78, 5) is 16.0. The number of hydrogen-bond acceptors (Lipinski definition) is 3. The van der Waals surface area contributed by atoms with Crippen molar-refractivity contribution < 1.29 is 4.79 Å². The molecule has 22 heavy (non-hydrogen) atoms. The first-order valence-corrected chi connectivity index (χ1v) is 7.40. The predicted molar refractivity (Wildman–Crippen MR) is 88.6 cm³/mol. The summed E-state index contributed by atoms with van der Waals surface area (Å²) < 4.78 is 0. The van der Waals surface area contributed by atoms with Crippen LogP contribution < -0.4 is 5.32 Å². The molecule has 0 unspecified atom stereocenters. The topological polar surface area (TPSA) is 42.0 Å². The SMILES string of the molecule is O=C(CNCc1ccncc1)Cc1ccc2ccccc2c1. The van der Waals surface area contributed by atoms with Crippen LogP contribution in [-0.2, 0) is 17.8 Å². The second kappa shape index (κ2) is 6.96. The average molecular weight is 290 g/mol. The van der Waals surface area contributed by atoms with E-state index in [-0.39, 0.29) is 5.78 Å². The number of pyridine rings is 1. The normalized spacial score (nSPS) is 10.7. The van der Waals surface area contributed by atoms with Crippen LogP contribution in [0.5, 0.6) is 0 Å². The first-order valence-electron chi connectivity index (χ1n) is 7.40. The lowest BCUT2D eigenvalue weighted by Gasteiger charge is -2.06. The Balaban J connectivity index is 1.54. The van der Waals surface area contributed by atoms with E-state index in [9.17, 15) is 4.79 Å². The van der Waals surface area contributed by atoms with Crippen LogP contribution >= 0.6 is 0 Å². The molecule has 110 valence electrons. The summed E-state index contributed by atoms with van der Waals surface area (Å²) in [6, 6.07) is 18.3. The van der Waals surface area contributed by atoms with Crippen LogP contribution in [0.4, 0.5) is 0 Å². The highest BCUT2D eigenvalue weighted by Gasteiger charge is 2.04. The average Bonchev–Trinajstić information content (AvgIpc) is 2.56. The molecule has 2 aromatic carbocycles. The lowest BCUT2D eigenvalue weighted by atomic mass is 10.0. The molecule has 0 saturated carbocycles. The van der Waals surface area contributed by atoms with E-state index < -0.39 is 0 Å². The van der Waals surface area contributed by atoms with Crippen LogP contribution in [0.15, 0.2) is 67.0 Å². The minimum atomic E-state index is 0.198. The molecule has 0 aliphatic carbocycles. The van der Waals surface area contributed by atoms with Crippen LogP contribution in [0.1, 0.15) is 11.1 Å². The van der Waals surface area contributed by atoms with Gasteiger partial charge in [0.25, 0.3) is 0 Å². The second-order valence-corrected chi connectivity index (χ2v) is 5.36. The Morgan fingerprint density at radius 3 is 2.50 bits per heavy atom. The van der Waals surface area contributed by atoms with Gasteiger partial charge in [0.2, 0.25) is 0 Å². The molecule has 0 spiro atoms. The van der Waals surface area contributed by atoms with Gasteiger partial charge in [-0.25, -0.2) is 0 Å². The van der Waals surface area contributed by atoms with Gasteiger partial charge in [-0.3, -0.25) is 9.78 Å². The highest BCUT2D eigenvalue weighted by Crippen LogP contribution is 2.16. The van der Waals surface area contributed by atoms with Crippen LogP contribution in [0.25, 0.3) is 10.8 Å². The van der Waals surface area contributed by atoms with Crippen molar-refractivity contribution in [2.45, 2.75) is 13.0 Å². The molecule has 0 fully saturated rings. The molecule has 3 rings (SSSR count). The number of aromatic nitrogens is 1. The Morgan fingerprint density at radius 2 is 1.68 bits per heavy atom. The Hall–Kier alpha value is -2.52. The van der Waals surface area contributed by atoms with Gasteiger partial charge in [0.05, 0.1) is 6.54 Å². The molecule has 1 N–H and O–H groups in total. The molecule has 3 nitrogen and oxygen atoms in total. The Morgan fingerprint density at radius 1 is 0.909 bits per heavy atom. The van der Waals surface area contributed by atoms with Crippen molar-refractivity contribution >= 4 is 16.6 Å². The second-order valence-electron chi connectivity index (χ2n) is 5.36. The highest BCUT2D eigenvalue weighted by atomic mass is 16.1. The number of hydrogen-bond donors (Lipinski definition) is 1. The summed E-state index contributed by atoms with van der Waals surface area (Å²) >= 11 is 0. The molecule has 1 heterocycles. The lowest BCUT2D eigenvalue weighted by Crippen LogP contribution is -2.23. The summed E-state index contributed by atoms with van der Waals surface area (Å²) in [5.74, 6) is 0.198. The molecule has 0 aliphatic rings. The van der Waals surface area contributed by atoms with Gasteiger partial charge in [0.1, 0.15) is 0 Å². The minimum absolute atomic E-state index is 0.198. The maximum atomic E-state index is 12.1. The summed E-state index contributed by atoms with van der Waals surface area (Å²) in [7, 11) is 0. The number of nitrogens with one attached hydrogen (secondary N) is 1. The molecule has 3 aromatic rings. The van der Waals surface area contributed by atoms with Crippen molar-refractivity contribution in [3.63, 3.8) is 0 Å². The van der Waals surface area contributed by atoms with Crippen LogP contribution in [0.3, 0.4) is 0 Å². The van der Waals surface area contributed by atoms with Crippen LogP contribution in [-0.4, -0.2) is 17.3 Å². The number of nitrogens with zero attached hydrogens (tertiary/aromatic N) is 1. The van der Waals surface area contributed by atoms with Gasteiger partial charge >= 0.3 is 0 Å². The van der Waals surface area contributed by atoms with Crippen LogP contribution in [0.2, 0.25) is 0 Å². The van der Waals surface area contributed by atoms with E-state index in [1.54, 1.807) is 12.4 Å². The highest BCUT2D eigenvalue weighted by molar-refractivity contribution is 5.86. The van der Waals surface area contributed by atoms with Gasteiger partial charge < -0.3 is 5.32 Å². The number of fused-ring (bicyclic) bond motifs is 1. The fourth-order valence-corrected chi connectivity index (χ4v) is 2.49. The molecule has 3 heteroatoms. The number of ketones is 1. The number of carbonyl (C=O) groups excluding carboxylic acids is 1. The van der Waals surface area contributed by atoms with Gasteiger partial charge in [-0.05, 0) is 34.0 Å². The van der Waals surface area contributed by atoms with E-state index in [0.717, 1.165) is 11.1 Å². The van der Waals surface area contributed by atoms with Crippen molar-refractivity contribution in [2.24, 2.45) is 0 Å². The fourth-order valence-electron chi connectivity index (χ4n) is 2.49. The zero-order chi connectivity index (χ0) is 15.2. The molecule has 0 saturated heterocycles. The molecule has 0 amide bonds. The first-order chi connectivity index (χ1) is 10.8. The van der Waals surface area contributed by atoms with Crippen molar-refractivity contribution in [2.75, 3.05) is 6.54 Å². The third-order valence-corrected chi connectivity index (χ3v) is 3.62. The van der Waals surface area contributed by atoms with Crippen molar-refractivity contribution in [1.29, 1.82) is 0 Å². The first kappa shape index (κ1) is 14.4. The standard InChI is InChI=1S/C19H18N2O/c22-19(14-21-13-15-7-9-20-10-8-15)12-16-5-6-17-3-1-2-4-18(17)11-16/h1-11,21H,12-14H2. The predicted octanol–water partition coefficient (Wildman–Crippen LogP) is 3.14. The number of carbonyl (C=O) groups is 1. The summed E-state index contributed by atoms with van der Waals surface area (Å²) in [5, 5.41) is 5.56. The van der Waals surface area contributed by atoms with Gasteiger partial charge in [-0.2, -0.15) is 0 Å². The minimum Gasteiger partial charge on any atom is -0.306 e. The van der Waals surface area contributed by atoms with E-state index in [0.29, 0.717) is 19.5 Å². The molecular weight excluding hydrogens is 272 g/mol. The van der Waals surface area contributed by atoms with Crippen molar-refractivity contribution in [1.82, 2.24) is 10.3 Å². The Bertz CT molecular complexity index is 769. The quantitative estimate of drug-likeness (QED) is 0.758. The number of benzene rings is 2. The molecule has 0 aliphatic heterocycles. The van der Waals surface area contributed by atoms with E-state index in [2.05, 4.69) is 34.6 Å². The summed E-state index contributed by atoms with van der Waals surface area (Å²) in [6.45, 7) is 1.07. The zero-order valence-electron chi connectivity index (χ0n) is 12.3. The van der Waals surface area contributed by atoms with Crippen molar-refractivity contribution in [3.05, 3.63) is 78.1 Å². The fraction of sp³-hybridized carbons (Fsp3) is 0.158. The largest absolute Gasteiger partial charge is 0.306 e. The molecule has 0 bridgehead atoms. The number of rotatable bonds is 6. The summed E-state index contributed by atoms with van der Waals surface area (Å²) in [6.07, 6.45) is 3.98. The van der Waals surface area contributed by atoms with E-state index in [1.165, 1.54) is 10.8 Å². The zero-order valence-corrected chi connectivity index (χ0v) is 12.3. The molecular formula is C19H18N2O. The van der Waals surface area contributed by atoms with E-state index in [4.69, 9.17) is 0 Å². The van der Waals surface area contributed by atoms with Gasteiger partial charge in [-0.15, -0.1) is 0 Å². The maximum absolute atomic E-state index is 12.1. The maximum Gasteiger partial charge on any atom is 0.150 e. The van der Waals surface area contributed by atoms with Crippen LogP contribution in [0, 0.1) is 0 Å². The third-order valence-electron chi connectivity index (χ3n) is 3.62.